The van der Waals surface area contributed by atoms with Crippen molar-refractivity contribution < 1.29 is 18.5 Å². The van der Waals surface area contributed by atoms with Crippen LogP contribution in [0.3, 0.4) is 0 Å². The minimum absolute atomic E-state index is 0.0239. The number of nitrogens with one attached hydrogen (secondary N) is 3. The highest BCUT2D eigenvalue weighted by molar-refractivity contribution is 5.98. The van der Waals surface area contributed by atoms with Crippen molar-refractivity contribution in [2.75, 3.05) is 35.7 Å². The molecular weight excluding hydrogens is 479 g/mol. The molecule has 0 saturated carbocycles. The maximum Gasteiger partial charge on any atom is 0.272 e. The van der Waals surface area contributed by atoms with Crippen LogP contribution in [-0.2, 0) is 17.9 Å². The van der Waals surface area contributed by atoms with Gasteiger partial charge in [0, 0.05) is 26.2 Å². The van der Waals surface area contributed by atoms with Gasteiger partial charge in [0.2, 0.25) is 5.91 Å². The third-order valence-electron chi connectivity index (χ3n) is 6.50. The lowest BCUT2D eigenvalue weighted by atomic mass is 9.84. The summed E-state index contributed by atoms with van der Waals surface area (Å²) in [5.74, 6) is 1.39. The molecule has 3 aromatic rings. The molecule has 1 saturated heterocycles. The molecule has 37 heavy (non-hydrogen) atoms. The van der Waals surface area contributed by atoms with E-state index in [9.17, 15) is 14.0 Å². The number of pyridine rings is 1. The summed E-state index contributed by atoms with van der Waals surface area (Å²) < 4.78 is 20.8. The number of carbonyl (C=O) groups excluding carboxylic acids is 2. The second kappa shape index (κ2) is 11.0. The highest BCUT2D eigenvalue weighted by Gasteiger charge is 2.32. The number of halogens is 1. The van der Waals surface area contributed by atoms with Crippen molar-refractivity contribution in [2.24, 2.45) is 5.92 Å². The van der Waals surface area contributed by atoms with Crippen molar-refractivity contribution in [2.45, 2.75) is 52.4 Å². The van der Waals surface area contributed by atoms with Crippen molar-refractivity contribution in [3.63, 3.8) is 0 Å². The molecule has 0 atom stereocenters. The number of carbonyl (C=O) groups is 2. The lowest BCUT2D eigenvalue weighted by Gasteiger charge is -2.37. The van der Waals surface area contributed by atoms with Gasteiger partial charge >= 0.3 is 0 Å². The predicted octanol–water partition coefficient (Wildman–Crippen LogP) is 3.15. The number of hydrogen-bond donors (Lipinski definition) is 3. The fourth-order valence-electron chi connectivity index (χ4n) is 4.48. The number of hydrogen-bond acceptors (Lipinski definition) is 8. The Kier molecular flexibility index (Phi) is 7.74. The van der Waals surface area contributed by atoms with E-state index in [-0.39, 0.29) is 30.6 Å². The van der Waals surface area contributed by atoms with Crippen LogP contribution >= 0.6 is 0 Å². The minimum Gasteiger partial charge on any atom is -0.371 e. The molecule has 4 heterocycles. The Morgan fingerprint density at radius 3 is 2.65 bits per heavy atom. The van der Waals surface area contributed by atoms with Gasteiger partial charge in [-0.3, -0.25) is 9.59 Å². The van der Waals surface area contributed by atoms with E-state index in [1.54, 1.807) is 40.0 Å². The molecule has 0 aliphatic carbocycles. The zero-order chi connectivity index (χ0) is 26.6. The van der Waals surface area contributed by atoms with E-state index in [1.807, 2.05) is 12.1 Å². The van der Waals surface area contributed by atoms with Crippen LogP contribution in [0, 0.1) is 12.8 Å². The van der Waals surface area contributed by atoms with Crippen molar-refractivity contribution in [1.29, 1.82) is 0 Å². The SMILES string of the molecule is CNc1ncn(CC(=O)Nc2cccc(N3CCC(C(C)(C)F)CC3)n2)c1C(=O)NCc1cc(C)on1. The summed E-state index contributed by atoms with van der Waals surface area (Å²) in [5.41, 5.74) is -0.386. The lowest BCUT2D eigenvalue weighted by Crippen LogP contribution is -2.40. The monoisotopic (exact) mass is 512 g/mol. The first-order valence-electron chi connectivity index (χ1n) is 12.3. The zero-order valence-corrected chi connectivity index (χ0v) is 21.5. The van der Waals surface area contributed by atoms with Crippen LogP contribution < -0.4 is 20.9 Å². The number of nitrogens with zero attached hydrogens (tertiary/aromatic N) is 5. The number of imidazole rings is 1. The van der Waals surface area contributed by atoms with Crippen molar-refractivity contribution >= 4 is 29.3 Å². The highest BCUT2D eigenvalue weighted by Crippen LogP contribution is 2.32. The molecule has 198 valence electrons. The van der Waals surface area contributed by atoms with E-state index in [0.717, 1.165) is 18.7 Å². The molecule has 12 heteroatoms. The molecule has 3 N–H and O–H groups in total. The van der Waals surface area contributed by atoms with Crippen LogP contribution in [0.25, 0.3) is 0 Å². The van der Waals surface area contributed by atoms with Crippen LogP contribution in [0.5, 0.6) is 0 Å². The summed E-state index contributed by atoms with van der Waals surface area (Å²) in [4.78, 5) is 36.6. The smallest absolute Gasteiger partial charge is 0.272 e. The lowest BCUT2D eigenvalue weighted by molar-refractivity contribution is -0.116. The molecule has 2 amide bonds. The minimum atomic E-state index is -1.19. The van der Waals surface area contributed by atoms with Crippen LogP contribution in [-0.4, -0.2) is 57.3 Å². The van der Waals surface area contributed by atoms with Gasteiger partial charge in [-0.25, -0.2) is 14.4 Å². The fraction of sp³-hybridized carbons (Fsp3) is 0.480. The average Bonchev–Trinajstić information content (AvgIpc) is 3.47. The quantitative estimate of drug-likeness (QED) is 0.399. The summed E-state index contributed by atoms with van der Waals surface area (Å²) in [6.07, 6.45) is 2.93. The van der Waals surface area contributed by atoms with Crippen molar-refractivity contribution in [3.05, 3.63) is 47.7 Å². The van der Waals surface area contributed by atoms with Crippen LogP contribution in [0.15, 0.2) is 35.1 Å². The molecule has 11 nitrogen and oxygen atoms in total. The molecular formula is C25H33FN8O3. The van der Waals surface area contributed by atoms with E-state index in [1.165, 1.54) is 10.9 Å². The molecule has 0 aromatic carbocycles. The Bertz CT molecular complexity index is 1240. The summed E-state index contributed by atoms with van der Waals surface area (Å²) >= 11 is 0. The first kappa shape index (κ1) is 26.1. The Labute approximate surface area is 214 Å². The number of rotatable bonds is 9. The Hall–Kier alpha value is -3.96. The van der Waals surface area contributed by atoms with Crippen molar-refractivity contribution in [3.8, 4) is 0 Å². The van der Waals surface area contributed by atoms with Crippen LogP contribution in [0.1, 0.15) is 48.6 Å². The van der Waals surface area contributed by atoms with Gasteiger partial charge in [-0.05, 0) is 51.7 Å². The summed E-state index contributed by atoms with van der Waals surface area (Å²) in [5, 5.41) is 12.3. The molecule has 1 aliphatic heterocycles. The third-order valence-corrected chi connectivity index (χ3v) is 6.50. The van der Waals surface area contributed by atoms with E-state index in [0.29, 0.717) is 36.2 Å². The maximum absolute atomic E-state index is 14.3. The van der Waals surface area contributed by atoms with E-state index in [4.69, 9.17) is 4.52 Å². The van der Waals surface area contributed by atoms with Gasteiger partial charge in [0.15, 0.2) is 11.5 Å². The first-order valence-corrected chi connectivity index (χ1v) is 12.3. The van der Waals surface area contributed by atoms with Crippen LogP contribution in [0.4, 0.5) is 21.8 Å². The average molecular weight is 513 g/mol. The standard InChI is InChI=1S/C25H33FN8O3/c1-16-12-18(32-37-16)13-28-24(36)22-23(27-4)29-15-34(22)14-21(35)31-19-6-5-7-20(30-19)33-10-8-17(9-11-33)25(2,3)26/h5-7,12,15,17,27H,8-11,13-14H2,1-4H3,(H,28,36)(H,30,31,35). The van der Waals surface area contributed by atoms with E-state index >= 15 is 0 Å². The van der Waals surface area contributed by atoms with Gasteiger partial charge in [-0.15, -0.1) is 0 Å². The normalized spacial score (nSPS) is 14.5. The number of aryl methyl sites for hydroxylation is 1. The van der Waals surface area contributed by atoms with Gasteiger partial charge < -0.3 is 29.9 Å². The first-order chi connectivity index (χ1) is 17.6. The van der Waals surface area contributed by atoms with Gasteiger partial charge in [0.25, 0.3) is 5.91 Å². The zero-order valence-electron chi connectivity index (χ0n) is 21.5. The topological polar surface area (TPSA) is 130 Å². The van der Waals surface area contributed by atoms with E-state index in [2.05, 4.69) is 36.0 Å². The fourth-order valence-corrected chi connectivity index (χ4v) is 4.48. The molecule has 1 fully saturated rings. The molecule has 4 rings (SSSR count). The molecule has 0 bridgehead atoms. The third kappa shape index (κ3) is 6.43. The summed E-state index contributed by atoms with van der Waals surface area (Å²) in [6, 6.07) is 7.14. The number of amides is 2. The van der Waals surface area contributed by atoms with Gasteiger partial charge in [-0.1, -0.05) is 11.2 Å². The molecule has 0 spiro atoms. The number of anilines is 3. The highest BCUT2D eigenvalue weighted by atomic mass is 19.1. The summed E-state index contributed by atoms with van der Waals surface area (Å²) in [7, 11) is 1.65. The number of piperidine rings is 1. The second-order valence-corrected chi connectivity index (χ2v) is 9.69. The molecule has 3 aromatic heterocycles. The molecule has 0 unspecified atom stereocenters. The Balaban J connectivity index is 1.38. The van der Waals surface area contributed by atoms with Crippen LogP contribution in [0.2, 0.25) is 0 Å². The molecule has 0 radical (unpaired) electrons. The van der Waals surface area contributed by atoms with Gasteiger partial charge in [0.05, 0.1) is 12.9 Å². The predicted molar refractivity (Wildman–Crippen MR) is 137 cm³/mol. The Morgan fingerprint density at radius 1 is 1.24 bits per heavy atom. The van der Waals surface area contributed by atoms with Gasteiger partial charge in [0.1, 0.15) is 35.3 Å². The van der Waals surface area contributed by atoms with Crippen molar-refractivity contribution in [1.82, 2.24) is 25.0 Å². The van der Waals surface area contributed by atoms with E-state index < -0.39 is 11.6 Å². The largest absolute Gasteiger partial charge is 0.371 e. The second-order valence-electron chi connectivity index (χ2n) is 9.69. The maximum atomic E-state index is 14.3. The number of alkyl halides is 1. The number of aromatic nitrogens is 4. The van der Waals surface area contributed by atoms with Gasteiger partial charge in [-0.2, -0.15) is 0 Å². The molecule has 1 aliphatic rings. The summed E-state index contributed by atoms with van der Waals surface area (Å²) in [6.45, 7) is 6.48. The Morgan fingerprint density at radius 2 is 2.00 bits per heavy atom.